The Balaban J connectivity index is 2.79. The summed E-state index contributed by atoms with van der Waals surface area (Å²) in [7, 11) is 3.64. The summed E-state index contributed by atoms with van der Waals surface area (Å²) in [6.07, 6.45) is 1.90. The van der Waals surface area contributed by atoms with Gasteiger partial charge in [0.05, 0.1) is 0 Å². The fourth-order valence-corrected chi connectivity index (χ4v) is 1.93. The van der Waals surface area contributed by atoms with Gasteiger partial charge in [-0.25, -0.2) is 4.98 Å². The van der Waals surface area contributed by atoms with E-state index < -0.39 is 0 Å². The van der Waals surface area contributed by atoms with Crippen LogP contribution in [0.1, 0.15) is 23.7 Å². The molecule has 0 aromatic carbocycles. The maximum absolute atomic E-state index is 5.34. The minimum atomic E-state index is -0.267. The Bertz CT molecular complexity index is 270. The van der Waals surface area contributed by atoms with Crippen LogP contribution in [0.4, 0.5) is 0 Å². The summed E-state index contributed by atoms with van der Waals surface area (Å²) < 4.78 is 5.34. The van der Waals surface area contributed by atoms with E-state index in [0.717, 1.165) is 11.6 Å². The quantitative estimate of drug-likeness (QED) is 0.804. The van der Waals surface area contributed by atoms with Crippen molar-refractivity contribution in [3.63, 3.8) is 0 Å². The number of methoxy groups -OCH3 is 1. The minimum absolute atomic E-state index is 0.267. The standard InChI is InChI=1S/C9H16N2OS/c1-9(2,12-4)8-11-6-7(13-8)5-10-3/h6,10H,5H2,1-4H3. The van der Waals surface area contributed by atoms with Crippen molar-refractivity contribution >= 4 is 11.3 Å². The third-order valence-corrected chi connectivity index (χ3v) is 3.23. The molecular weight excluding hydrogens is 184 g/mol. The first-order valence-corrected chi connectivity index (χ1v) is 5.06. The van der Waals surface area contributed by atoms with Gasteiger partial charge in [0.25, 0.3) is 0 Å². The molecule has 0 fully saturated rings. The molecule has 1 N–H and O–H groups in total. The molecule has 1 aromatic heterocycles. The fourth-order valence-electron chi connectivity index (χ4n) is 0.929. The van der Waals surface area contributed by atoms with E-state index in [0.29, 0.717) is 0 Å². The number of nitrogens with zero attached hydrogens (tertiary/aromatic N) is 1. The van der Waals surface area contributed by atoms with Gasteiger partial charge >= 0.3 is 0 Å². The van der Waals surface area contributed by atoms with Crippen molar-refractivity contribution in [2.45, 2.75) is 26.0 Å². The summed E-state index contributed by atoms with van der Waals surface area (Å²) in [5.74, 6) is 0. The van der Waals surface area contributed by atoms with Crippen molar-refractivity contribution < 1.29 is 4.74 Å². The zero-order chi connectivity index (χ0) is 9.90. The summed E-state index contributed by atoms with van der Waals surface area (Å²) in [5.41, 5.74) is -0.267. The second-order valence-electron chi connectivity index (χ2n) is 3.38. The van der Waals surface area contributed by atoms with Gasteiger partial charge in [0.15, 0.2) is 0 Å². The van der Waals surface area contributed by atoms with Gasteiger partial charge in [0.1, 0.15) is 10.6 Å². The molecule has 0 atom stereocenters. The van der Waals surface area contributed by atoms with E-state index in [1.807, 2.05) is 27.1 Å². The molecule has 13 heavy (non-hydrogen) atoms. The van der Waals surface area contributed by atoms with Crippen molar-refractivity contribution in [2.75, 3.05) is 14.2 Å². The second-order valence-corrected chi connectivity index (χ2v) is 4.49. The summed E-state index contributed by atoms with van der Waals surface area (Å²) in [5, 5.41) is 4.12. The van der Waals surface area contributed by atoms with E-state index in [1.54, 1.807) is 18.4 Å². The summed E-state index contributed by atoms with van der Waals surface area (Å²) >= 11 is 1.69. The summed E-state index contributed by atoms with van der Waals surface area (Å²) in [6, 6.07) is 0. The van der Waals surface area contributed by atoms with Crippen LogP contribution in [0, 0.1) is 0 Å². The van der Waals surface area contributed by atoms with Gasteiger partial charge in [-0.15, -0.1) is 11.3 Å². The van der Waals surface area contributed by atoms with Crippen molar-refractivity contribution in [1.82, 2.24) is 10.3 Å². The van der Waals surface area contributed by atoms with Crippen LogP contribution in [-0.2, 0) is 16.9 Å². The number of rotatable bonds is 4. The number of hydrogen-bond acceptors (Lipinski definition) is 4. The van der Waals surface area contributed by atoms with Gasteiger partial charge in [0.2, 0.25) is 0 Å². The highest BCUT2D eigenvalue weighted by molar-refractivity contribution is 7.11. The van der Waals surface area contributed by atoms with Crippen molar-refractivity contribution in [3.05, 3.63) is 16.1 Å². The van der Waals surface area contributed by atoms with E-state index in [-0.39, 0.29) is 5.60 Å². The average Bonchev–Trinajstić information content (AvgIpc) is 2.54. The number of ether oxygens (including phenoxy) is 1. The van der Waals surface area contributed by atoms with Crippen LogP contribution in [0.2, 0.25) is 0 Å². The minimum Gasteiger partial charge on any atom is -0.372 e. The van der Waals surface area contributed by atoms with E-state index in [4.69, 9.17) is 4.74 Å². The lowest BCUT2D eigenvalue weighted by molar-refractivity contribution is 0.0190. The van der Waals surface area contributed by atoms with Gasteiger partial charge in [0, 0.05) is 24.7 Å². The second kappa shape index (κ2) is 4.17. The lowest BCUT2D eigenvalue weighted by Crippen LogP contribution is -2.18. The Morgan fingerprint density at radius 1 is 1.62 bits per heavy atom. The zero-order valence-electron chi connectivity index (χ0n) is 8.55. The van der Waals surface area contributed by atoms with Crippen LogP contribution in [0.15, 0.2) is 6.20 Å². The smallest absolute Gasteiger partial charge is 0.124 e. The molecule has 0 unspecified atom stereocenters. The molecule has 0 radical (unpaired) electrons. The highest BCUT2D eigenvalue weighted by Gasteiger charge is 2.23. The number of aromatic nitrogens is 1. The molecule has 1 heterocycles. The van der Waals surface area contributed by atoms with Crippen LogP contribution in [0.5, 0.6) is 0 Å². The molecular formula is C9H16N2OS. The van der Waals surface area contributed by atoms with Gasteiger partial charge in [-0.05, 0) is 20.9 Å². The monoisotopic (exact) mass is 200 g/mol. The van der Waals surface area contributed by atoms with Gasteiger partial charge in [-0.3, -0.25) is 0 Å². The van der Waals surface area contributed by atoms with E-state index in [1.165, 1.54) is 4.88 Å². The van der Waals surface area contributed by atoms with Crippen molar-refractivity contribution in [2.24, 2.45) is 0 Å². The molecule has 3 nitrogen and oxygen atoms in total. The summed E-state index contributed by atoms with van der Waals surface area (Å²) in [6.45, 7) is 4.92. The highest BCUT2D eigenvalue weighted by atomic mass is 32.1. The fraction of sp³-hybridized carbons (Fsp3) is 0.667. The number of thiazole rings is 1. The average molecular weight is 200 g/mol. The molecule has 0 amide bonds. The first kappa shape index (κ1) is 10.6. The largest absolute Gasteiger partial charge is 0.372 e. The van der Waals surface area contributed by atoms with Crippen molar-refractivity contribution in [3.8, 4) is 0 Å². The van der Waals surface area contributed by atoms with Crippen LogP contribution in [0.25, 0.3) is 0 Å². The third kappa shape index (κ3) is 2.49. The van der Waals surface area contributed by atoms with Crippen molar-refractivity contribution in [1.29, 1.82) is 0 Å². The molecule has 74 valence electrons. The lowest BCUT2D eigenvalue weighted by Gasteiger charge is -2.19. The molecule has 4 heteroatoms. The first-order chi connectivity index (χ1) is 6.10. The SMILES string of the molecule is CNCc1cnc(C(C)(C)OC)s1. The van der Waals surface area contributed by atoms with Crippen LogP contribution in [0.3, 0.4) is 0 Å². The Morgan fingerprint density at radius 3 is 2.85 bits per heavy atom. The molecule has 0 aliphatic heterocycles. The summed E-state index contributed by atoms with van der Waals surface area (Å²) in [4.78, 5) is 5.57. The number of hydrogen-bond donors (Lipinski definition) is 1. The highest BCUT2D eigenvalue weighted by Crippen LogP contribution is 2.27. The zero-order valence-corrected chi connectivity index (χ0v) is 9.36. The van der Waals surface area contributed by atoms with Crippen LogP contribution >= 0.6 is 11.3 Å². The maximum atomic E-state index is 5.34. The van der Waals surface area contributed by atoms with Gasteiger partial charge in [-0.2, -0.15) is 0 Å². The molecule has 0 aliphatic carbocycles. The molecule has 1 rings (SSSR count). The normalized spacial score (nSPS) is 12.0. The molecule has 0 saturated heterocycles. The third-order valence-electron chi connectivity index (χ3n) is 1.93. The Labute approximate surface area is 83.1 Å². The van der Waals surface area contributed by atoms with E-state index >= 15 is 0 Å². The van der Waals surface area contributed by atoms with E-state index in [9.17, 15) is 0 Å². The van der Waals surface area contributed by atoms with Gasteiger partial charge < -0.3 is 10.1 Å². The maximum Gasteiger partial charge on any atom is 0.124 e. The molecule has 0 saturated carbocycles. The predicted molar refractivity (Wildman–Crippen MR) is 54.9 cm³/mol. The molecule has 1 aromatic rings. The Kier molecular flexibility index (Phi) is 3.41. The van der Waals surface area contributed by atoms with Crippen LogP contribution < -0.4 is 5.32 Å². The number of nitrogens with one attached hydrogen (secondary N) is 1. The Morgan fingerprint density at radius 2 is 2.31 bits per heavy atom. The Hall–Kier alpha value is -0.450. The topological polar surface area (TPSA) is 34.2 Å². The first-order valence-electron chi connectivity index (χ1n) is 4.25. The molecule has 0 aliphatic rings. The predicted octanol–water partition coefficient (Wildman–Crippen LogP) is 1.74. The molecule has 0 bridgehead atoms. The lowest BCUT2D eigenvalue weighted by atomic mass is 10.1. The van der Waals surface area contributed by atoms with Gasteiger partial charge in [-0.1, -0.05) is 0 Å². The van der Waals surface area contributed by atoms with E-state index in [2.05, 4.69) is 10.3 Å². The van der Waals surface area contributed by atoms with Crippen LogP contribution in [-0.4, -0.2) is 19.1 Å². The molecule has 0 spiro atoms.